The molecule has 5 heteroatoms. The van der Waals surface area contributed by atoms with Crippen molar-refractivity contribution in [3.05, 3.63) is 108 Å². The number of benzene rings is 2. The van der Waals surface area contributed by atoms with Crippen LogP contribution in [-0.4, -0.2) is 19.6 Å². The van der Waals surface area contributed by atoms with Crippen molar-refractivity contribution in [3.63, 3.8) is 0 Å². The quantitative estimate of drug-likeness (QED) is 0.329. The number of nitrogen functional groups attached to an aromatic ring is 1. The second kappa shape index (κ2) is 7.37. The third kappa shape index (κ3) is 3.37. The largest absolute Gasteiger partial charge is 0.361 e. The lowest BCUT2D eigenvalue weighted by Crippen LogP contribution is -2.14. The number of allylic oxidation sites excluding steroid dienone is 2. The fourth-order valence-corrected chi connectivity index (χ4v) is 3.63. The van der Waals surface area contributed by atoms with Gasteiger partial charge in [0.15, 0.2) is 5.82 Å². The van der Waals surface area contributed by atoms with Crippen LogP contribution in [0.1, 0.15) is 22.6 Å². The summed E-state index contributed by atoms with van der Waals surface area (Å²) in [7, 11) is 0. The highest BCUT2D eigenvalue weighted by molar-refractivity contribution is 5.86. The molecule has 5 nitrogen and oxygen atoms in total. The number of nitrogens with zero attached hydrogens (tertiary/aromatic N) is 3. The fourth-order valence-electron chi connectivity index (χ4n) is 3.63. The third-order valence-corrected chi connectivity index (χ3v) is 5.31. The van der Waals surface area contributed by atoms with Gasteiger partial charge in [0.2, 0.25) is 0 Å². The highest BCUT2D eigenvalue weighted by Gasteiger charge is 2.07. The summed E-state index contributed by atoms with van der Waals surface area (Å²) in [4.78, 5) is 12.0. The first-order valence-corrected chi connectivity index (χ1v) is 9.77. The van der Waals surface area contributed by atoms with Crippen LogP contribution in [-0.2, 0) is 6.42 Å². The molecule has 0 spiro atoms. The Hall–Kier alpha value is -4.12. The zero-order valence-electron chi connectivity index (χ0n) is 16.4. The maximum atomic E-state index is 6.31. The lowest BCUT2D eigenvalue weighted by molar-refractivity contribution is 0.899. The average molecular weight is 391 g/mol. The number of H-pyrrole nitrogens is 1. The molecule has 2 aromatic carbocycles. The van der Waals surface area contributed by atoms with Gasteiger partial charge in [0.05, 0.1) is 17.4 Å². The summed E-state index contributed by atoms with van der Waals surface area (Å²) in [5.41, 5.74) is 6.19. The van der Waals surface area contributed by atoms with Crippen LogP contribution in [0.25, 0.3) is 33.5 Å². The van der Waals surface area contributed by atoms with E-state index in [2.05, 4.69) is 64.0 Å². The Bertz CT molecular complexity index is 1400. The molecule has 5 rings (SSSR count). The van der Waals surface area contributed by atoms with E-state index in [9.17, 15) is 0 Å². The van der Waals surface area contributed by atoms with Crippen LogP contribution in [0.15, 0.2) is 85.8 Å². The third-order valence-electron chi connectivity index (χ3n) is 5.31. The molecule has 0 bridgehead atoms. The molecule has 30 heavy (non-hydrogen) atoms. The molecule has 0 radical (unpaired) electrons. The first kappa shape index (κ1) is 17.9. The second-order valence-corrected chi connectivity index (χ2v) is 7.32. The van der Waals surface area contributed by atoms with E-state index >= 15 is 0 Å². The van der Waals surface area contributed by atoms with Gasteiger partial charge in [-0.25, -0.2) is 9.66 Å². The van der Waals surface area contributed by atoms with E-state index < -0.39 is 0 Å². The monoisotopic (exact) mass is 391 g/mol. The smallest absolute Gasteiger partial charge is 0.151 e. The van der Waals surface area contributed by atoms with E-state index in [0.29, 0.717) is 12.2 Å². The first-order chi connectivity index (χ1) is 14.7. The van der Waals surface area contributed by atoms with Crippen molar-refractivity contribution in [2.45, 2.75) is 6.42 Å². The van der Waals surface area contributed by atoms with Crippen molar-refractivity contribution < 1.29 is 0 Å². The number of rotatable bonds is 5. The highest BCUT2D eigenvalue weighted by Crippen LogP contribution is 2.21. The molecule has 0 atom stereocenters. The van der Waals surface area contributed by atoms with Crippen LogP contribution < -0.4 is 5.84 Å². The molecule has 0 saturated carbocycles. The zero-order valence-corrected chi connectivity index (χ0v) is 16.4. The van der Waals surface area contributed by atoms with Crippen LogP contribution in [0.5, 0.6) is 0 Å². The number of hydrogen-bond acceptors (Lipinski definition) is 3. The Kier molecular flexibility index (Phi) is 4.41. The molecule has 0 fully saturated rings. The molecule has 0 aliphatic heterocycles. The maximum absolute atomic E-state index is 6.31. The van der Waals surface area contributed by atoms with Crippen LogP contribution in [0.2, 0.25) is 0 Å². The molecule has 0 amide bonds. The Morgan fingerprint density at radius 2 is 2.00 bits per heavy atom. The molecule has 0 unspecified atom stereocenters. The van der Waals surface area contributed by atoms with Gasteiger partial charge in [0.25, 0.3) is 0 Å². The molecular weight excluding hydrogens is 370 g/mol. The summed E-state index contributed by atoms with van der Waals surface area (Å²) in [6.07, 6.45) is 10.1. The van der Waals surface area contributed by atoms with E-state index in [1.54, 1.807) is 10.9 Å². The topological polar surface area (TPSA) is 72.5 Å². The van der Waals surface area contributed by atoms with Crippen molar-refractivity contribution in [3.8, 4) is 0 Å². The van der Waals surface area contributed by atoms with Gasteiger partial charge < -0.3 is 10.8 Å². The molecule has 3 N–H and O–H groups in total. The predicted molar refractivity (Wildman–Crippen MR) is 123 cm³/mol. The number of aromatic amines is 1. The van der Waals surface area contributed by atoms with E-state index in [0.717, 1.165) is 38.6 Å². The number of aromatic nitrogens is 4. The number of nitrogens with two attached hydrogens (primary N) is 1. The number of imidazole rings is 1. The number of fused-ring (bicyclic) bond motifs is 2. The van der Waals surface area contributed by atoms with Crippen molar-refractivity contribution >= 4 is 33.5 Å². The lowest BCUT2D eigenvalue weighted by Gasteiger charge is -2.06. The predicted octanol–water partition coefficient (Wildman–Crippen LogP) is 4.94. The van der Waals surface area contributed by atoms with E-state index in [4.69, 9.17) is 5.84 Å². The minimum Gasteiger partial charge on any atom is -0.361 e. The Balaban J connectivity index is 1.35. The number of pyridine rings is 1. The average Bonchev–Trinajstić information content (AvgIpc) is 3.38. The van der Waals surface area contributed by atoms with Gasteiger partial charge in [-0.05, 0) is 64.6 Å². The van der Waals surface area contributed by atoms with E-state index in [1.807, 2.05) is 36.7 Å². The van der Waals surface area contributed by atoms with Crippen molar-refractivity contribution in [1.29, 1.82) is 0 Å². The number of nitrogens with one attached hydrogen (secondary N) is 1. The Labute approximate surface area is 174 Å². The molecule has 0 saturated heterocycles. The summed E-state index contributed by atoms with van der Waals surface area (Å²) in [5, 5.41) is 2.28. The van der Waals surface area contributed by atoms with Gasteiger partial charge in [-0.15, -0.1) is 0 Å². The molecule has 146 valence electrons. The van der Waals surface area contributed by atoms with E-state index in [-0.39, 0.29) is 0 Å². The van der Waals surface area contributed by atoms with Crippen LogP contribution in [0.4, 0.5) is 0 Å². The summed E-state index contributed by atoms with van der Waals surface area (Å²) in [5.74, 6) is 7.00. The maximum Gasteiger partial charge on any atom is 0.151 e. The Morgan fingerprint density at radius 3 is 2.93 bits per heavy atom. The fraction of sp³-hybridized carbons (Fsp3) is 0.0400. The zero-order chi connectivity index (χ0) is 20.5. The SMILES string of the molecule is C=C(/C=C\c1ncc(Cc2ccc3ncccc3c2)n1N)c1ccc2[nH]ccc2c1. The molecule has 0 aliphatic carbocycles. The van der Waals surface area contributed by atoms with E-state index in [1.165, 1.54) is 5.56 Å². The van der Waals surface area contributed by atoms with Crippen molar-refractivity contribution in [1.82, 2.24) is 19.6 Å². The van der Waals surface area contributed by atoms with Gasteiger partial charge in [0.1, 0.15) is 0 Å². The first-order valence-electron chi connectivity index (χ1n) is 9.77. The lowest BCUT2D eigenvalue weighted by atomic mass is 10.1. The summed E-state index contributed by atoms with van der Waals surface area (Å²) in [6, 6.07) is 18.6. The Morgan fingerprint density at radius 1 is 1.07 bits per heavy atom. The standard InChI is InChI=1S/C25H21N5/c1-17(19-6-8-24-21(15-19)10-12-28-24)4-9-25-29-16-22(30(25)26)14-18-5-7-23-20(13-18)3-2-11-27-23/h2-13,15-16,28H,1,14,26H2/b9-4-. The van der Waals surface area contributed by atoms with Crippen molar-refractivity contribution in [2.24, 2.45) is 0 Å². The van der Waals surface area contributed by atoms with Gasteiger partial charge in [-0.3, -0.25) is 4.98 Å². The normalized spacial score (nSPS) is 11.6. The second-order valence-electron chi connectivity index (χ2n) is 7.32. The van der Waals surface area contributed by atoms with Gasteiger partial charge in [0, 0.05) is 29.7 Å². The molecule has 5 aromatic rings. The summed E-state index contributed by atoms with van der Waals surface area (Å²) < 4.78 is 1.63. The van der Waals surface area contributed by atoms with Crippen LogP contribution >= 0.6 is 0 Å². The van der Waals surface area contributed by atoms with Crippen LogP contribution in [0.3, 0.4) is 0 Å². The van der Waals surface area contributed by atoms with Crippen molar-refractivity contribution in [2.75, 3.05) is 5.84 Å². The summed E-state index contributed by atoms with van der Waals surface area (Å²) in [6.45, 7) is 4.18. The highest BCUT2D eigenvalue weighted by atomic mass is 15.3. The molecule has 3 aromatic heterocycles. The van der Waals surface area contributed by atoms with Gasteiger partial charge >= 0.3 is 0 Å². The minimum atomic E-state index is 0.691. The van der Waals surface area contributed by atoms with Gasteiger partial charge in [-0.2, -0.15) is 0 Å². The molecule has 3 heterocycles. The van der Waals surface area contributed by atoms with Crippen LogP contribution in [0, 0.1) is 0 Å². The molecular formula is C25H21N5. The molecule has 0 aliphatic rings. The number of hydrogen-bond donors (Lipinski definition) is 2. The minimum absolute atomic E-state index is 0.691. The summed E-state index contributed by atoms with van der Waals surface area (Å²) >= 11 is 0. The van der Waals surface area contributed by atoms with Gasteiger partial charge in [-0.1, -0.05) is 30.9 Å².